The molecule has 144 valence electrons. The van der Waals surface area contributed by atoms with Gasteiger partial charge in [0.15, 0.2) is 0 Å². The minimum absolute atomic E-state index is 0.0192. The first kappa shape index (κ1) is 20.0. The molecule has 1 heterocycles. The van der Waals surface area contributed by atoms with Crippen LogP contribution < -0.4 is 0 Å². The van der Waals surface area contributed by atoms with Crippen molar-refractivity contribution in [2.75, 3.05) is 0 Å². The minimum Gasteiger partial charge on any atom is -0.481 e. The molecule has 0 saturated carbocycles. The quantitative estimate of drug-likeness (QED) is 0.588. The number of carboxylic acid groups (broad SMARTS) is 1. The first-order valence-electron chi connectivity index (χ1n) is 9.16. The van der Waals surface area contributed by atoms with Gasteiger partial charge in [-0.1, -0.05) is 60.2 Å². The van der Waals surface area contributed by atoms with Crippen molar-refractivity contribution in [3.05, 3.63) is 76.8 Å². The minimum atomic E-state index is -1.13. The first-order chi connectivity index (χ1) is 13.4. The van der Waals surface area contributed by atoms with Crippen LogP contribution in [0.5, 0.6) is 0 Å². The Kier molecular flexibility index (Phi) is 6.05. The number of Topliss-reactive ketones (excluding diaryl/α,β-unsaturated/α-hetero) is 1. The zero-order chi connectivity index (χ0) is 20.1. The normalized spacial score (nSPS) is 13.1. The second kappa shape index (κ2) is 8.48. The van der Waals surface area contributed by atoms with Crippen LogP contribution in [-0.4, -0.2) is 21.8 Å². The second-order valence-electron chi connectivity index (χ2n) is 7.43. The molecule has 3 rings (SSSR count). The predicted octanol–water partition coefficient (Wildman–Crippen LogP) is 4.95. The van der Waals surface area contributed by atoms with E-state index in [1.54, 1.807) is 6.92 Å². The van der Waals surface area contributed by atoms with E-state index in [9.17, 15) is 14.7 Å². The van der Waals surface area contributed by atoms with E-state index in [2.05, 4.69) is 4.98 Å². The predicted molar refractivity (Wildman–Crippen MR) is 112 cm³/mol. The zero-order valence-electron chi connectivity index (χ0n) is 16.0. The van der Waals surface area contributed by atoms with Gasteiger partial charge in [0.2, 0.25) is 0 Å². The number of ketones is 1. The van der Waals surface area contributed by atoms with Gasteiger partial charge in [0.25, 0.3) is 0 Å². The Labute approximate surface area is 168 Å². The van der Waals surface area contributed by atoms with Gasteiger partial charge in [-0.05, 0) is 25.8 Å². The lowest BCUT2D eigenvalue weighted by Gasteiger charge is -2.24. The molecule has 28 heavy (non-hydrogen) atoms. The van der Waals surface area contributed by atoms with Crippen LogP contribution in [0.25, 0.3) is 10.6 Å². The molecule has 3 aromatic rings. The van der Waals surface area contributed by atoms with Gasteiger partial charge in [-0.15, -0.1) is 11.3 Å². The highest BCUT2D eigenvalue weighted by molar-refractivity contribution is 7.13. The fraction of sp³-hybridized carbons (Fsp3) is 0.261. The Morgan fingerprint density at radius 1 is 1.07 bits per heavy atom. The SMILES string of the molecule is Cc1ccc(-c2nc(CC(=O)CC(C)(Cc3ccccc3)C(=O)O)cs2)cc1. The third-order valence-corrected chi connectivity index (χ3v) is 5.71. The van der Waals surface area contributed by atoms with E-state index in [4.69, 9.17) is 0 Å². The lowest BCUT2D eigenvalue weighted by atomic mass is 9.79. The zero-order valence-corrected chi connectivity index (χ0v) is 16.8. The lowest BCUT2D eigenvalue weighted by Crippen LogP contribution is -2.33. The maximum atomic E-state index is 12.6. The Morgan fingerprint density at radius 2 is 1.75 bits per heavy atom. The van der Waals surface area contributed by atoms with Crippen LogP contribution in [0.4, 0.5) is 0 Å². The number of nitrogens with zero attached hydrogens (tertiary/aromatic N) is 1. The fourth-order valence-electron chi connectivity index (χ4n) is 3.18. The molecular weight excluding hydrogens is 370 g/mol. The highest BCUT2D eigenvalue weighted by Gasteiger charge is 2.35. The van der Waals surface area contributed by atoms with Crippen LogP contribution in [0, 0.1) is 12.3 Å². The average molecular weight is 394 g/mol. The van der Waals surface area contributed by atoms with Crippen LogP contribution in [-0.2, 0) is 22.4 Å². The Hall–Kier alpha value is -2.79. The molecule has 0 spiro atoms. The van der Waals surface area contributed by atoms with Crippen LogP contribution in [0.3, 0.4) is 0 Å². The monoisotopic (exact) mass is 393 g/mol. The molecule has 1 N–H and O–H groups in total. The summed E-state index contributed by atoms with van der Waals surface area (Å²) in [6.07, 6.45) is 0.454. The number of benzene rings is 2. The molecule has 0 saturated heterocycles. The summed E-state index contributed by atoms with van der Waals surface area (Å²) >= 11 is 1.50. The van der Waals surface area contributed by atoms with Gasteiger partial charge in [-0.2, -0.15) is 0 Å². The number of carbonyl (C=O) groups is 2. The molecule has 1 atom stereocenters. The third-order valence-electron chi connectivity index (χ3n) is 4.77. The number of aromatic nitrogens is 1. The third kappa shape index (κ3) is 4.93. The van der Waals surface area contributed by atoms with Crippen LogP contribution in [0.2, 0.25) is 0 Å². The van der Waals surface area contributed by atoms with E-state index in [1.807, 2.05) is 66.9 Å². The maximum Gasteiger partial charge on any atom is 0.310 e. The number of thiazole rings is 1. The van der Waals surface area contributed by atoms with Crippen molar-refractivity contribution in [1.29, 1.82) is 0 Å². The van der Waals surface area contributed by atoms with E-state index in [1.165, 1.54) is 16.9 Å². The topological polar surface area (TPSA) is 67.3 Å². The van der Waals surface area contributed by atoms with E-state index in [-0.39, 0.29) is 18.6 Å². The molecule has 0 aliphatic heterocycles. The van der Waals surface area contributed by atoms with Crippen LogP contribution >= 0.6 is 11.3 Å². The van der Waals surface area contributed by atoms with Crippen molar-refractivity contribution in [1.82, 2.24) is 4.98 Å². The van der Waals surface area contributed by atoms with E-state index >= 15 is 0 Å². The molecule has 0 aliphatic carbocycles. The Bertz CT molecular complexity index is 963. The van der Waals surface area contributed by atoms with Gasteiger partial charge < -0.3 is 5.11 Å². The number of carbonyl (C=O) groups excluding carboxylic acids is 1. The lowest BCUT2D eigenvalue weighted by molar-refractivity contribution is -0.150. The smallest absolute Gasteiger partial charge is 0.310 e. The van der Waals surface area contributed by atoms with Crippen molar-refractivity contribution < 1.29 is 14.7 Å². The largest absolute Gasteiger partial charge is 0.481 e. The van der Waals surface area contributed by atoms with E-state index < -0.39 is 11.4 Å². The van der Waals surface area contributed by atoms with Gasteiger partial charge in [0, 0.05) is 23.8 Å². The number of rotatable bonds is 8. The van der Waals surface area contributed by atoms with Crippen molar-refractivity contribution in [3.8, 4) is 10.6 Å². The molecule has 0 amide bonds. The molecule has 0 aliphatic rings. The van der Waals surface area contributed by atoms with E-state index in [0.29, 0.717) is 12.1 Å². The molecule has 0 fully saturated rings. The van der Waals surface area contributed by atoms with Crippen molar-refractivity contribution in [2.24, 2.45) is 5.41 Å². The Balaban J connectivity index is 1.68. The summed E-state index contributed by atoms with van der Waals surface area (Å²) in [5.41, 5.74) is 2.68. The molecule has 5 heteroatoms. The van der Waals surface area contributed by atoms with Gasteiger partial charge in [-0.3, -0.25) is 9.59 Å². The van der Waals surface area contributed by atoms with Crippen molar-refractivity contribution >= 4 is 23.1 Å². The van der Waals surface area contributed by atoms with Crippen LogP contribution in [0.1, 0.15) is 30.2 Å². The highest BCUT2D eigenvalue weighted by Crippen LogP contribution is 2.29. The number of hydrogen-bond donors (Lipinski definition) is 1. The van der Waals surface area contributed by atoms with Gasteiger partial charge in [0.1, 0.15) is 10.8 Å². The first-order valence-corrected chi connectivity index (χ1v) is 10.0. The molecule has 1 aromatic heterocycles. The Morgan fingerprint density at radius 3 is 2.39 bits per heavy atom. The second-order valence-corrected chi connectivity index (χ2v) is 8.29. The fourth-order valence-corrected chi connectivity index (χ4v) is 4.00. The molecule has 0 bridgehead atoms. The number of aliphatic carboxylic acids is 1. The van der Waals surface area contributed by atoms with Gasteiger partial charge >= 0.3 is 5.97 Å². The summed E-state index contributed by atoms with van der Waals surface area (Å²) in [6.45, 7) is 3.67. The van der Waals surface area contributed by atoms with Gasteiger partial charge in [0.05, 0.1) is 11.1 Å². The summed E-state index contributed by atoms with van der Waals surface area (Å²) in [5.74, 6) is -1.06. The number of aryl methyl sites for hydroxylation is 1. The number of carboxylic acids is 1. The summed E-state index contributed by atoms with van der Waals surface area (Å²) in [5, 5.41) is 12.5. The molecule has 1 unspecified atom stereocenters. The summed E-state index contributed by atoms with van der Waals surface area (Å²) < 4.78 is 0. The number of hydrogen-bond acceptors (Lipinski definition) is 4. The van der Waals surface area contributed by atoms with Crippen LogP contribution in [0.15, 0.2) is 60.0 Å². The summed E-state index contributed by atoms with van der Waals surface area (Å²) in [4.78, 5) is 29.0. The van der Waals surface area contributed by atoms with Crippen molar-refractivity contribution in [3.63, 3.8) is 0 Å². The van der Waals surface area contributed by atoms with Gasteiger partial charge in [-0.25, -0.2) is 4.98 Å². The summed E-state index contributed by atoms with van der Waals surface area (Å²) in [6, 6.07) is 17.5. The molecule has 4 nitrogen and oxygen atoms in total. The highest BCUT2D eigenvalue weighted by atomic mass is 32.1. The maximum absolute atomic E-state index is 12.6. The average Bonchev–Trinajstić information content (AvgIpc) is 3.11. The molecular formula is C23H23NO3S. The molecule has 0 radical (unpaired) electrons. The summed E-state index contributed by atoms with van der Waals surface area (Å²) in [7, 11) is 0. The van der Waals surface area contributed by atoms with Crippen molar-refractivity contribution in [2.45, 2.75) is 33.1 Å². The molecule has 2 aromatic carbocycles. The van der Waals surface area contributed by atoms with E-state index in [0.717, 1.165) is 16.1 Å². The standard InChI is InChI=1S/C23H23NO3S/c1-16-8-10-18(11-9-16)21-24-19(15-28-21)12-20(25)14-23(2,22(26)27)13-17-6-4-3-5-7-17/h3-11,15H,12-14H2,1-2H3,(H,26,27).